The Morgan fingerprint density at radius 3 is 2.59 bits per heavy atom. The number of aromatic nitrogens is 1. The van der Waals surface area contributed by atoms with Gasteiger partial charge >= 0.3 is 0 Å². The molecule has 7 heteroatoms. The van der Waals surface area contributed by atoms with Crippen LogP contribution in [0.4, 0.5) is 4.39 Å². The van der Waals surface area contributed by atoms with E-state index >= 15 is 0 Å². The fraction of sp³-hybridized carbons (Fsp3) is 0.273. The van der Waals surface area contributed by atoms with Gasteiger partial charge in [-0.1, -0.05) is 30.3 Å². The number of halogens is 2. The standard InChI is InChI=1S/C22H23FN2O2S.ClH/c1-24-14-17-15-25(28(26,27)19-10-6-9-18(23)13-19)22-20-11-4-2-7-16(20)8-3-5-12-21(17)22;/h2,4,6-7,9-11,13,15,24H,3,5,8,12,14H2,1H3;1H. The third-order valence-corrected chi connectivity index (χ3v) is 6.94. The van der Waals surface area contributed by atoms with E-state index in [0.717, 1.165) is 54.0 Å². The second-order valence-corrected chi connectivity index (χ2v) is 8.95. The first-order valence-electron chi connectivity index (χ1n) is 9.49. The van der Waals surface area contributed by atoms with E-state index in [1.54, 1.807) is 6.20 Å². The minimum absolute atomic E-state index is 0. The first-order valence-corrected chi connectivity index (χ1v) is 10.9. The number of fused-ring (bicyclic) bond motifs is 3. The Hall–Kier alpha value is -2.15. The highest BCUT2D eigenvalue weighted by atomic mass is 35.5. The lowest BCUT2D eigenvalue weighted by atomic mass is 9.91. The van der Waals surface area contributed by atoms with Gasteiger partial charge in [0.05, 0.1) is 10.6 Å². The summed E-state index contributed by atoms with van der Waals surface area (Å²) in [5.41, 5.74) is 4.83. The highest BCUT2D eigenvalue weighted by molar-refractivity contribution is 7.90. The van der Waals surface area contributed by atoms with E-state index in [9.17, 15) is 12.8 Å². The second kappa shape index (κ2) is 8.69. The number of hydrogen-bond donors (Lipinski definition) is 1. The van der Waals surface area contributed by atoms with E-state index in [0.29, 0.717) is 12.2 Å². The van der Waals surface area contributed by atoms with E-state index in [1.165, 1.54) is 22.2 Å². The Kier molecular flexibility index (Phi) is 6.46. The van der Waals surface area contributed by atoms with Crippen LogP contribution >= 0.6 is 12.4 Å². The van der Waals surface area contributed by atoms with Crippen molar-refractivity contribution in [3.63, 3.8) is 0 Å². The summed E-state index contributed by atoms with van der Waals surface area (Å²) in [7, 11) is -2.07. The van der Waals surface area contributed by atoms with Crippen molar-refractivity contribution in [2.24, 2.45) is 0 Å². The first-order chi connectivity index (χ1) is 13.5. The summed E-state index contributed by atoms with van der Waals surface area (Å²) in [6.07, 6.45) is 5.51. The smallest absolute Gasteiger partial charge is 0.268 e. The van der Waals surface area contributed by atoms with Crippen molar-refractivity contribution in [1.82, 2.24) is 9.29 Å². The van der Waals surface area contributed by atoms with Crippen LogP contribution in [0.2, 0.25) is 0 Å². The van der Waals surface area contributed by atoms with Crippen LogP contribution in [0.25, 0.3) is 11.3 Å². The molecule has 1 aromatic heterocycles. The van der Waals surface area contributed by atoms with Crippen molar-refractivity contribution < 1.29 is 12.8 Å². The summed E-state index contributed by atoms with van der Waals surface area (Å²) >= 11 is 0. The fourth-order valence-corrected chi connectivity index (χ4v) is 5.44. The lowest BCUT2D eigenvalue weighted by Gasteiger charge is -2.18. The van der Waals surface area contributed by atoms with Gasteiger partial charge in [-0.3, -0.25) is 0 Å². The average molecular weight is 435 g/mol. The van der Waals surface area contributed by atoms with Crippen LogP contribution in [0.3, 0.4) is 0 Å². The minimum atomic E-state index is -3.92. The van der Waals surface area contributed by atoms with E-state index in [-0.39, 0.29) is 17.3 Å². The molecule has 4 nitrogen and oxygen atoms in total. The van der Waals surface area contributed by atoms with Gasteiger partial charge in [0.15, 0.2) is 0 Å². The van der Waals surface area contributed by atoms with Crippen LogP contribution in [-0.2, 0) is 29.4 Å². The molecular formula is C22H24ClFN2O2S. The predicted molar refractivity (Wildman–Crippen MR) is 116 cm³/mol. The number of benzene rings is 2. The zero-order valence-corrected chi connectivity index (χ0v) is 17.8. The molecule has 154 valence electrons. The first kappa shape index (κ1) is 21.6. The largest absolute Gasteiger partial charge is 0.316 e. The molecule has 0 saturated carbocycles. The molecule has 0 unspecified atom stereocenters. The van der Waals surface area contributed by atoms with E-state index in [1.807, 2.05) is 25.2 Å². The number of nitrogens with zero attached hydrogens (tertiary/aromatic N) is 1. The second-order valence-electron chi connectivity index (χ2n) is 7.13. The van der Waals surface area contributed by atoms with Gasteiger partial charge in [0, 0.05) is 18.3 Å². The van der Waals surface area contributed by atoms with Crippen molar-refractivity contribution >= 4 is 22.4 Å². The summed E-state index contributed by atoms with van der Waals surface area (Å²) in [4.78, 5) is -0.0409. The van der Waals surface area contributed by atoms with E-state index in [4.69, 9.17) is 0 Å². The Balaban J connectivity index is 0.00000240. The molecule has 0 aliphatic heterocycles. The summed E-state index contributed by atoms with van der Waals surface area (Å²) in [5.74, 6) is -0.563. The molecule has 0 saturated heterocycles. The maximum atomic E-state index is 13.8. The molecular weight excluding hydrogens is 411 g/mol. The van der Waals surface area contributed by atoms with Crippen molar-refractivity contribution in [3.8, 4) is 11.3 Å². The molecule has 1 aliphatic rings. The number of hydrogen-bond acceptors (Lipinski definition) is 3. The molecule has 4 rings (SSSR count). The maximum Gasteiger partial charge on any atom is 0.268 e. The number of nitrogens with one attached hydrogen (secondary N) is 1. The van der Waals surface area contributed by atoms with Gasteiger partial charge in [-0.2, -0.15) is 0 Å². The van der Waals surface area contributed by atoms with Gasteiger partial charge in [0.1, 0.15) is 5.82 Å². The van der Waals surface area contributed by atoms with Crippen LogP contribution in [0.1, 0.15) is 29.5 Å². The van der Waals surface area contributed by atoms with Crippen LogP contribution in [0, 0.1) is 5.82 Å². The van der Waals surface area contributed by atoms with Crippen molar-refractivity contribution in [2.45, 2.75) is 37.1 Å². The van der Waals surface area contributed by atoms with Crippen molar-refractivity contribution in [1.29, 1.82) is 0 Å². The summed E-state index contributed by atoms with van der Waals surface area (Å²) < 4.78 is 42.0. The molecule has 0 fully saturated rings. The number of aryl methyl sites for hydroxylation is 1. The predicted octanol–water partition coefficient (Wildman–Crippen LogP) is 4.55. The molecule has 0 atom stereocenters. The zero-order valence-electron chi connectivity index (χ0n) is 16.2. The van der Waals surface area contributed by atoms with Crippen LogP contribution in [0.15, 0.2) is 59.6 Å². The monoisotopic (exact) mass is 434 g/mol. The molecule has 2 aromatic carbocycles. The maximum absolute atomic E-state index is 13.8. The van der Waals surface area contributed by atoms with E-state index < -0.39 is 15.8 Å². The highest BCUT2D eigenvalue weighted by Gasteiger charge is 2.28. The quantitative estimate of drug-likeness (QED) is 0.655. The molecule has 29 heavy (non-hydrogen) atoms. The van der Waals surface area contributed by atoms with Gasteiger partial charge in [0.25, 0.3) is 10.0 Å². The Bertz CT molecular complexity index is 1130. The molecule has 0 radical (unpaired) electrons. The van der Waals surface area contributed by atoms with Gasteiger partial charge in [-0.05, 0) is 67.6 Å². The topological polar surface area (TPSA) is 51.1 Å². The van der Waals surface area contributed by atoms with Crippen LogP contribution in [0.5, 0.6) is 0 Å². The third-order valence-electron chi connectivity index (χ3n) is 5.28. The SMILES string of the molecule is CNCc1cn(S(=O)(=O)c2cccc(F)c2)c2c1CCCCc1ccccc1-2.Cl. The van der Waals surface area contributed by atoms with Gasteiger partial charge < -0.3 is 5.32 Å². The number of rotatable bonds is 4. The Morgan fingerprint density at radius 2 is 1.83 bits per heavy atom. The van der Waals surface area contributed by atoms with Crippen LogP contribution in [-0.4, -0.2) is 19.4 Å². The van der Waals surface area contributed by atoms with Gasteiger partial charge in [0.2, 0.25) is 0 Å². The van der Waals surface area contributed by atoms with Gasteiger partial charge in [-0.25, -0.2) is 16.8 Å². The third kappa shape index (κ3) is 3.97. The molecule has 0 bridgehead atoms. The Morgan fingerprint density at radius 1 is 1.07 bits per heavy atom. The molecule has 0 spiro atoms. The van der Waals surface area contributed by atoms with Crippen molar-refractivity contribution in [2.75, 3.05) is 7.05 Å². The van der Waals surface area contributed by atoms with E-state index in [2.05, 4.69) is 11.4 Å². The molecule has 0 amide bonds. The lowest BCUT2D eigenvalue weighted by molar-refractivity contribution is 0.583. The average Bonchev–Trinajstić information content (AvgIpc) is 3.02. The fourth-order valence-electron chi connectivity index (χ4n) is 3.99. The molecule has 1 aliphatic carbocycles. The highest BCUT2D eigenvalue weighted by Crippen LogP contribution is 2.37. The summed E-state index contributed by atoms with van der Waals surface area (Å²) in [5, 5.41) is 3.14. The molecule has 3 aromatic rings. The minimum Gasteiger partial charge on any atom is -0.316 e. The van der Waals surface area contributed by atoms with Crippen molar-refractivity contribution in [3.05, 3.63) is 77.2 Å². The lowest BCUT2D eigenvalue weighted by Crippen LogP contribution is -2.15. The summed E-state index contributed by atoms with van der Waals surface area (Å²) in [6.45, 7) is 0.580. The van der Waals surface area contributed by atoms with Gasteiger partial charge in [-0.15, -0.1) is 12.4 Å². The molecule has 1 N–H and O–H groups in total. The molecule has 1 heterocycles. The summed E-state index contributed by atoms with van der Waals surface area (Å²) in [6, 6.07) is 13.2. The Labute approximate surface area is 177 Å². The normalized spacial score (nSPS) is 13.6. The van der Waals surface area contributed by atoms with Crippen LogP contribution < -0.4 is 5.32 Å². The zero-order chi connectivity index (χ0) is 19.7.